The van der Waals surface area contributed by atoms with Crippen molar-refractivity contribution in [3.05, 3.63) is 47.5 Å². The van der Waals surface area contributed by atoms with Gasteiger partial charge in [-0.25, -0.2) is 9.97 Å². The average molecular weight is 385 g/mol. The summed E-state index contributed by atoms with van der Waals surface area (Å²) in [7, 11) is 1.61. The molecular formula is C17H22Cl2N4O2. The fraction of sp³-hybridized carbons (Fsp3) is 0.353. The summed E-state index contributed by atoms with van der Waals surface area (Å²) in [6.07, 6.45) is 2.66. The Labute approximate surface area is 159 Å². The predicted molar refractivity (Wildman–Crippen MR) is 102 cm³/mol. The number of carbonyl (C=O) groups is 1. The summed E-state index contributed by atoms with van der Waals surface area (Å²) in [4.78, 5) is 21.3. The van der Waals surface area contributed by atoms with E-state index in [9.17, 15) is 4.79 Å². The number of amides is 1. The van der Waals surface area contributed by atoms with Crippen LogP contribution >= 0.6 is 24.8 Å². The number of anilines is 1. The van der Waals surface area contributed by atoms with Gasteiger partial charge in [0.1, 0.15) is 11.6 Å². The second-order valence-electron chi connectivity index (χ2n) is 5.60. The topological polar surface area (TPSA) is 76.1 Å². The van der Waals surface area contributed by atoms with Crippen molar-refractivity contribution in [3.8, 4) is 5.75 Å². The third-order valence-corrected chi connectivity index (χ3v) is 4.02. The molecule has 0 saturated carbocycles. The maximum Gasteiger partial charge on any atom is 0.259 e. The summed E-state index contributed by atoms with van der Waals surface area (Å²) >= 11 is 0. The highest BCUT2D eigenvalue weighted by Crippen LogP contribution is 2.20. The number of ether oxygens (including phenoxy) is 1. The number of hydrogen-bond donors (Lipinski definition) is 2. The summed E-state index contributed by atoms with van der Waals surface area (Å²) in [5.41, 5.74) is 1.91. The Hall–Kier alpha value is -1.89. The minimum atomic E-state index is -0.205. The molecule has 0 radical (unpaired) electrons. The van der Waals surface area contributed by atoms with E-state index in [1.165, 1.54) is 0 Å². The first-order chi connectivity index (χ1) is 11.2. The molecule has 0 spiro atoms. The Balaban J connectivity index is 0.00000156. The summed E-state index contributed by atoms with van der Waals surface area (Å²) in [5.74, 6) is 1.70. The standard InChI is InChI=1S/C17H20N4O2.2ClH/c1-11-15(10-19-16(20-11)12-7-8-18-9-12)17(22)21-13-3-5-14(23-2)6-4-13;;/h3-6,10,12,18H,7-9H2,1-2H3,(H,21,22);2*1H. The van der Waals surface area contributed by atoms with E-state index in [0.717, 1.165) is 31.1 Å². The van der Waals surface area contributed by atoms with E-state index in [4.69, 9.17) is 4.74 Å². The molecule has 1 aliphatic rings. The normalized spacial score (nSPS) is 15.7. The molecule has 2 aromatic rings. The third-order valence-electron chi connectivity index (χ3n) is 4.02. The lowest BCUT2D eigenvalue weighted by molar-refractivity contribution is 0.102. The van der Waals surface area contributed by atoms with Gasteiger partial charge in [0, 0.05) is 24.3 Å². The van der Waals surface area contributed by atoms with Crippen LogP contribution < -0.4 is 15.4 Å². The largest absolute Gasteiger partial charge is 0.497 e. The van der Waals surface area contributed by atoms with E-state index in [0.29, 0.717) is 22.9 Å². The highest BCUT2D eigenvalue weighted by atomic mass is 35.5. The Morgan fingerprint density at radius 1 is 1.28 bits per heavy atom. The number of nitrogens with one attached hydrogen (secondary N) is 2. The first kappa shape index (κ1) is 21.2. The molecule has 1 saturated heterocycles. The van der Waals surface area contributed by atoms with Crippen molar-refractivity contribution in [1.29, 1.82) is 0 Å². The molecule has 6 nitrogen and oxygen atoms in total. The van der Waals surface area contributed by atoms with Gasteiger partial charge in [-0.3, -0.25) is 4.79 Å². The number of halogens is 2. The predicted octanol–water partition coefficient (Wildman–Crippen LogP) is 2.97. The molecule has 2 heterocycles. The van der Waals surface area contributed by atoms with E-state index >= 15 is 0 Å². The molecule has 8 heteroatoms. The van der Waals surface area contributed by atoms with Gasteiger partial charge in [0.25, 0.3) is 5.91 Å². The Morgan fingerprint density at radius 2 is 2.00 bits per heavy atom. The van der Waals surface area contributed by atoms with Gasteiger partial charge in [0.15, 0.2) is 0 Å². The lowest BCUT2D eigenvalue weighted by Gasteiger charge is -2.11. The van der Waals surface area contributed by atoms with Crippen molar-refractivity contribution < 1.29 is 9.53 Å². The SMILES string of the molecule is COc1ccc(NC(=O)c2cnc(C3CCNC3)nc2C)cc1.Cl.Cl. The molecule has 0 bridgehead atoms. The monoisotopic (exact) mass is 384 g/mol. The number of aryl methyl sites for hydroxylation is 1. The zero-order valence-corrected chi connectivity index (χ0v) is 15.7. The highest BCUT2D eigenvalue weighted by Gasteiger charge is 2.21. The van der Waals surface area contributed by atoms with Gasteiger partial charge in [0.2, 0.25) is 0 Å². The van der Waals surface area contributed by atoms with Gasteiger partial charge in [-0.1, -0.05) is 0 Å². The number of methoxy groups -OCH3 is 1. The van der Waals surface area contributed by atoms with Gasteiger partial charge in [-0.05, 0) is 44.2 Å². The summed E-state index contributed by atoms with van der Waals surface area (Å²) in [6, 6.07) is 7.20. The second kappa shape index (κ2) is 9.56. The molecule has 2 N–H and O–H groups in total. The maximum absolute atomic E-state index is 12.4. The van der Waals surface area contributed by atoms with Crippen LogP contribution in [-0.2, 0) is 0 Å². The maximum atomic E-state index is 12.4. The highest BCUT2D eigenvalue weighted by molar-refractivity contribution is 6.04. The third kappa shape index (κ3) is 5.04. The molecule has 1 atom stereocenters. The van der Waals surface area contributed by atoms with Crippen molar-refractivity contribution >= 4 is 36.4 Å². The zero-order valence-electron chi connectivity index (χ0n) is 14.1. The van der Waals surface area contributed by atoms with Crippen molar-refractivity contribution in [2.45, 2.75) is 19.3 Å². The number of hydrogen-bond acceptors (Lipinski definition) is 5. The first-order valence-corrected chi connectivity index (χ1v) is 7.67. The molecule has 1 unspecified atom stereocenters. The molecular weight excluding hydrogens is 363 g/mol. The molecule has 1 aromatic carbocycles. The van der Waals surface area contributed by atoms with Crippen LogP contribution in [0.4, 0.5) is 5.69 Å². The molecule has 0 aliphatic carbocycles. The first-order valence-electron chi connectivity index (χ1n) is 7.67. The van der Waals surface area contributed by atoms with Gasteiger partial charge < -0.3 is 15.4 Å². The average Bonchev–Trinajstić information content (AvgIpc) is 3.10. The summed E-state index contributed by atoms with van der Waals surface area (Å²) in [6.45, 7) is 3.74. The minimum Gasteiger partial charge on any atom is -0.497 e. The number of aromatic nitrogens is 2. The fourth-order valence-electron chi connectivity index (χ4n) is 2.65. The van der Waals surface area contributed by atoms with E-state index < -0.39 is 0 Å². The smallest absolute Gasteiger partial charge is 0.259 e. The molecule has 1 amide bonds. The number of benzene rings is 1. The molecule has 1 fully saturated rings. The quantitative estimate of drug-likeness (QED) is 0.847. The summed E-state index contributed by atoms with van der Waals surface area (Å²) < 4.78 is 5.10. The number of nitrogens with zero attached hydrogens (tertiary/aromatic N) is 2. The van der Waals surface area contributed by atoms with E-state index in [-0.39, 0.29) is 30.7 Å². The fourth-order valence-corrected chi connectivity index (χ4v) is 2.65. The van der Waals surface area contributed by atoms with Gasteiger partial charge in [-0.2, -0.15) is 0 Å². The van der Waals surface area contributed by atoms with E-state index in [1.807, 2.05) is 6.92 Å². The number of carbonyl (C=O) groups excluding carboxylic acids is 1. The van der Waals surface area contributed by atoms with Crippen LogP contribution in [0, 0.1) is 6.92 Å². The Morgan fingerprint density at radius 3 is 2.56 bits per heavy atom. The van der Waals surface area contributed by atoms with Crippen LogP contribution in [0.5, 0.6) is 5.75 Å². The molecule has 136 valence electrons. The van der Waals surface area contributed by atoms with Crippen LogP contribution in [-0.4, -0.2) is 36.1 Å². The van der Waals surface area contributed by atoms with Gasteiger partial charge in [-0.15, -0.1) is 24.8 Å². The van der Waals surface area contributed by atoms with Crippen molar-refractivity contribution in [2.75, 3.05) is 25.5 Å². The molecule has 1 aliphatic heterocycles. The molecule has 1 aromatic heterocycles. The van der Waals surface area contributed by atoms with Gasteiger partial charge >= 0.3 is 0 Å². The van der Waals surface area contributed by atoms with Crippen LogP contribution in [0.15, 0.2) is 30.5 Å². The van der Waals surface area contributed by atoms with Crippen LogP contribution in [0.25, 0.3) is 0 Å². The molecule has 25 heavy (non-hydrogen) atoms. The van der Waals surface area contributed by atoms with Crippen LogP contribution in [0.2, 0.25) is 0 Å². The number of rotatable bonds is 4. The summed E-state index contributed by atoms with van der Waals surface area (Å²) in [5, 5.41) is 6.15. The zero-order chi connectivity index (χ0) is 16.2. The minimum absolute atomic E-state index is 0. The lowest BCUT2D eigenvalue weighted by Crippen LogP contribution is -2.17. The van der Waals surface area contributed by atoms with E-state index in [2.05, 4.69) is 20.6 Å². The molecule has 3 rings (SSSR count). The Kier molecular flexibility index (Phi) is 8.09. The Bertz CT molecular complexity index is 704. The van der Waals surface area contributed by atoms with Crippen molar-refractivity contribution in [3.63, 3.8) is 0 Å². The van der Waals surface area contributed by atoms with Crippen molar-refractivity contribution in [1.82, 2.24) is 15.3 Å². The van der Waals surface area contributed by atoms with Gasteiger partial charge in [0.05, 0.1) is 18.4 Å². The lowest BCUT2D eigenvalue weighted by atomic mass is 10.1. The van der Waals surface area contributed by atoms with Crippen LogP contribution in [0.1, 0.15) is 34.2 Å². The second-order valence-corrected chi connectivity index (χ2v) is 5.60. The van der Waals surface area contributed by atoms with E-state index in [1.54, 1.807) is 37.6 Å². The van der Waals surface area contributed by atoms with Crippen LogP contribution in [0.3, 0.4) is 0 Å². The van der Waals surface area contributed by atoms with Crippen molar-refractivity contribution in [2.24, 2.45) is 0 Å².